The minimum Gasteiger partial charge on any atom is -0.292 e. The van der Waals surface area contributed by atoms with Crippen LogP contribution in [0.4, 0.5) is 13.2 Å². The highest BCUT2D eigenvalue weighted by Crippen LogP contribution is 2.31. The van der Waals surface area contributed by atoms with E-state index in [0.29, 0.717) is 10.7 Å². The molecule has 0 fully saturated rings. The number of thioether (sulfide) groups is 1. The Balaban J connectivity index is 1.95. The van der Waals surface area contributed by atoms with Gasteiger partial charge in [0, 0.05) is 10.7 Å². The van der Waals surface area contributed by atoms with Crippen molar-refractivity contribution in [2.75, 3.05) is 5.75 Å². The first-order chi connectivity index (χ1) is 13.3. The van der Waals surface area contributed by atoms with E-state index in [1.165, 1.54) is 11.8 Å². The summed E-state index contributed by atoms with van der Waals surface area (Å²) < 4.78 is 42.4. The summed E-state index contributed by atoms with van der Waals surface area (Å²) in [6.07, 6.45) is -2.70. The highest BCUT2D eigenvalue weighted by atomic mass is 79.9. The average molecular weight is 470 g/mol. The standard InChI is InChI=1S/C17H11BrF3N5OS/c1-2-28-16-14(22-13-6-4-10(18)8-25(13)16)26-15(27)11-5-3-9(17(19,20)21)7-12(11)23-24-26/h3-8H,2H2,1H3. The predicted molar refractivity (Wildman–Crippen MR) is 103 cm³/mol. The Labute approximate surface area is 168 Å². The molecule has 0 spiro atoms. The Morgan fingerprint density at radius 2 is 2.00 bits per heavy atom. The van der Waals surface area contributed by atoms with Gasteiger partial charge in [-0.3, -0.25) is 9.20 Å². The molecule has 4 rings (SSSR count). The predicted octanol–water partition coefficient (Wildman–Crippen LogP) is 4.32. The maximum absolute atomic E-state index is 12.9. The van der Waals surface area contributed by atoms with E-state index in [2.05, 4.69) is 31.2 Å². The van der Waals surface area contributed by atoms with Crippen molar-refractivity contribution in [3.05, 3.63) is 56.9 Å². The SMILES string of the molecule is CCSc1c(-n2nnc3cc(C(F)(F)F)ccc3c2=O)nc2ccc(Br)cn12. The smallest absolute Gasteiger partial charge is 0.292 e. The van der Waals surface area contributed by atoms with Crippen molar-refractivity contribution in [2.24, 2.45) is 0 Å². The van der Waals surface area contributed by atoms with Crippen LogP contribution < -0.4 is 5.56 Å². The first-order valence-corrected chi connectivity index (χ1v) is 9.85. The van der Waals surface area contributed by atoms with Crippen molar-refractivity contribution < 1.29 is 13.2 Å². The van der Waals surface area contributed by atoms with Gasteiger partial charge in [0.1, 0.15) is 16.2 Å². The zero-order valence-corrected chi connectivity index (χ0v) is 16.6. The largest absolute Gasteiger partial charge is 0.416 e. The molecule has 0 saturated carbocycles. The van der Waals surface area contributed by atoms with Gasteiger partial charge in [-0.15, -0.1) is 16.9 Å². The lowest BCUT2D eigenvalue weighted by Gasteiger charge is -2.08. The van der Waals surface area contributed by atoms with E-state index < -0.39 is 17.3 Å². The van der Waals surface area contributed by atoms with Gasteiger partial charge in [0.15, 0.2) is 5.82 Å². The number of fused-ring (bicyclic) bond motifs is 2. The number of hydrogen-bond donors (Lipinski definition) is 0. The Hall–Kier alpha value is -2.40. The lowest BCUT2D eigenvalue weighted by atomic mass is 10.1. The molecule has 4 aromatic rings. The summed E-state index contributed by atoms with van der Waals surface area (Å²) in [4.78, 5) is 17.4. The fourth-order valence-electron chi connectivity index (χ4n) is 2.75. The number of hydrogen-bond acceptors (Lipinski definition) is 5. The molecule has 0 bridgehead atoms. The lowest BCUT2D eigenvalue weighted by Crippen LogP contribution is -2.23. The van der Waals surface area contributed by atoms with Gasteiger partial charge >= 0.3 is 6.18 Å². The molecule has 6 nitrogen and oxygen atoms in total. The third-order valence-electron chi connectivity index (χ3n) is 3.99. The van der Waals surface area contributed by atoms with E-state index >= 15 is 0 Å². The second-order valence-corrected chi connectivity index (χ2v) is 7.95. The zero-order chi connectivity index (χ0) is 20.1. The second-order valence-electron chi connectivity index (χ2n) is 5.79. The molecule has 0 aliphatic carbocycles. The number of halogens is 4. The van der Waals surface area contributed by atoms with Crippen LogP contribution in [0.3, 0.4) is 0 Å². The van der Waals surface area contributed by atoms with Gasteiger partial charge in [-0.1, -0.05) is 12.1 Å². The molecular formula is C17H11BrF3N5OS. The Kier molecular flexibility index (Phi) is 4.66. The van der Waals surface area contributed by atoms with Crippen molar-refractivity contribution in [3.8, 4) is 5.82 Å². The molecule has 0 saturated heterocycles. The number of aromatic nitrogens is 5. The molecule has 0 amide bonds. The molecule has 0 radical (unpaired) electrons. The number of nitrogens with zero attached hydrogens (tertiary/aromatic N) is 5. The van der Waals surface area contributed by atoms with Crippen LogP contribution in [0.1, 0.15) is 12.5 Å². The van der Waals surface area contributed by atoms with Crippen molar-refractivity contribution in [3.63, 3.8) is 0 Å². The second kappa shape index (κ2) is 6.89. The van der Waals surface area contributed by atoms with Crippen molar-refractivity contribution in [1.29, 1.82) is 0 Å². The minimum absolute atomic E-state index is 0.0358. The van der Waals surface area contributed by atoms with Crippen LogP contribution in [0.2, 0.25) is 0 Å². The summed E-state index contributed by atoms with van der Waals surface area (Å²) in [5.74, 6) is 1.00. The molecule has 0 unspecified atom stereocenters. The third kappa shape index (κ3) is 3.18. The van der Waals surface area contributed by atoms with E-state index in [9.17, 15) is 18.0 Å². The molecule has 0 N–H and O–H groups in total. The molecule has 11 heteroatoms. The number of imidazole rings is 1. The number of alkyl halides is 3. The van der Waals surface area contributed by atoms with E-state index in [4.69, 9.17) is 0 Å². The van der Waals surface area contributed by atoms with E-state index in [-0.39, 0.29) is 16.7 Å². The van der Waals surface area contributed by atoms with E-state index in [1.807, 2.05) is 23.6 Å². The maximum Gasteiger partial charge on any atom is 0.416 e. The van der Waals surface area contributed by atoms with Crippen LogP contribution in [0.5, 0.6) is 0 Å². The molecular weight excluding hydrogens is 459 g/mol. The molecule has 0 aliphatic heterocycles. The molecule has 3 heterocycles. The van der Waals surface area contributed by atoms with Crippen LogP contribution in [-0.4, -0.2) is 30.1 Å². The topological polar surface area (TPSA) is 65.1 Å². The highest BCUT2D eigenvalue weighted by Gasteiger charge is 2.31. The normalized spacial score (nSPS) is 12.2. The Morgan fingerprint density at radius 3 is 2.71 bits per heavy atom. The minimum atomic E-state index is -4.52. The monoisotopic (exact) mass is 469 g/mol. The fraction of sp³-hybridized carbons (Fsp3) is 0.176. The average Bonchev–Trinajstić information content (AvgIpc) is 2.99. The van der Waals surface area contributed by atoms with Gasteiger partial charge in [0.25, 0.3) is 5.56 Å². The zero-order valence-electron chi connectivity index (χ0n) is 14.2. The van der Waals surface area contributed by atoms with Crippen molar-refractivity contribution in [2.45, 2.75) is 18.1 Å². The van der Waals surface area contributed by atoms with Crippen LogP contribution >= 0.6 is 27.7 Å². The third-order valence-corrected chi connectivity index (χ3v) is 5.40. The van der Waals surface area contributed by atoms with Gasteiger partial charge < -0.3 is 0 Å². The number of benzene rings is 1. The van der Waals surface area contributed by atoms with Crippen molar-refractivity contribution in [1.82, 2.24) is 24.4 Å². The van der Waals surface area contributed by atoms with Crippen LogP contribution in [0.15, 0.2) is 50.8 Å². The van der Waals surface area contributed by atoms with Gasteiger partial charge in [-0.05, 0) is 52.0 Å². The summed E-state index contributed by atoms with van der Waals surface area (Å²) in [6.45, 7) is 1.96. The highest BCUT2D eigenvalue weighted by molar-refractivity contribution is 9.10. The molecule has 3 aromatic heterocycles. The van der Waals surface area contributed by atoms with Gasteiger partial charge in [0.2, 0.25) is 0 Å². The number of rotatable bonds is 3. The molecule has 0 aliphatic rings. The lowest BCUT2D eigenvalue weighted by molar-refractivity contribution is -0.137. The van der Waals surface area contributed by atoms with Crippen molar-refractivity contribution >= 4 is 44.2 Å². The summed E-state index contributed by atoms with van der Waals surface area (Å²) >= 11 is 4.87. The summed E-state index contributed by atoms with van der Waals surface area (Å²) in [6, 6.07) is 6.39. The quantitative estimate of drug-likeness (QED) is 0.418. The van der Waals surface area contributed by atoms with Gasteiger partial charge in [-0.2, -0.15) is 17.9 Å². The summed E-state index contributed by atoms with van der Waals surface area (Å²) in [7, 11) is 0. The number of pyridine rings is 1. The molecule has 0 atom stereocenters. The first-order valence-electron chi connectivity index (χ1n) is 8.07. The molecule has 144 valence electrons. The first kappa shape index (κ1) is 18.9. The van der Waals surface area contributed by atoms with Crippen LogP contribution in [0, 0.1) is 0 Å². The Bertz CT molecular complexity index is 1270. The Morgan fingerprint density at radius 1 is 1.21 bits per heavy atom. The summed E-state index contributed by atoms with van der Waals surface area (Å²) in [5, 5.41) is 8.39. The van der Waals surface area contributed by atoms with E-state index in [1.54, 1.807) is 6.07 Å². The maximum atomic E-state index is 12.9. The van der Waals surface area contributed by atoms with E-state index in [0.717, 1.165) is 33.1 Å². The van der Waals surface area contributed by atoms with Crippen LogP contribution in [-0.2, 0) is 6.18 Å². The fourth-order valence-corrected chi connectivity index (χ4v) is 3.91. The molecule has 28 heavy (non-hydrogen) atoms. The molecule has 1 aromatic carbocycles. The van der Waals surface area contributed by atoms with Crippen LogP contribution in [0.25, 0.3) is 22.4 Å². The van der Waals surface area contributed by atoms with Gasteiger partial charge in [0.05, 0.1) is 10.9 Å². The summed E-state index contributed by atoms with van der Waals surface area (Å²) in [5.41, 5.74) is -0.979. The van der Waals surface area contributed by atoms with Gasteiger partial charge in [-0.25, -0.2) is 4.98 Å².